The van der Waals surface area contributed by atoms with E-state index >= 15 is 0 Å². The lowest BCUT2D eigenvalue weighted by Crippen LogP contribution is -2.52. The van der Waals surface area contributed by atoms with E-state index in [1.54, 1.807) is 0 Å². The fraction of sp³-hybridized carbons (Fsp3) is 0.458. The SMILES string of the molecule is CCNC(=NCC1CCOC1c1ccccc1)N1CCN(c2ccccc2)CC1. The van der Waals surface area contributed by atoms with Crippen LogP contribution in [-0.2, 0) is 4.74 Å². The summed E-state index contributed by atoms with van der Waals surface area (Å²) < 4.78 is 6.04. The highest BCUT2D eigenvalue weighted by Gasteiger charge is 2.30. The zero-order valence-electron chi connectivity index (χ0n) is 17.3. The number of aliphatic imine (C=N–C) groups is 1. The van der Waals surface area contributed by atoms with Crippen molar-refractivity contribution in [1.29, 1.82) is 0 Å². The lowest BCUT2D eigenvalue weighted by atomic mass is 9.95. The molecule has 2 fully saturated rings. The third-order valence-electron chi connectivity index (χ3n) is 5.85. The van der Waals surface area contributed by atoms with Crippen LogP contribution in [0.25, 0.3) is 0 Å². The maximum absolute atomic E-state index is 6.04. The van der Waals surface area contributed by atoms with Crippen LogP contribution in [0.1, 0.15) is 25.0 Å². The van der Waals surface area contributed by atoms with Gasteiger partial charge in [0.25, 0.3) is 0 Å². The molecule has 154 valence electrons. The lowest BCUT2D eigenvalue weighted by molar-refractivity contribution is 0.0925. The Hall–Kier alpha value is -2.53. The number of hydrogen-bond donors (Lipinski definition) is 1. The van der Waals surface area contributed by atoms with Crippen LogP contribution in [0.4, 0.5) is 5.69 Å². The molecule has 0 aromatic heterocycles. The highest BCUT2D eigenvalue weighted by atomic mass is 16.5. The first-order valence-corrected chi connectivity index (χ1v) is 10.8. The van der Waals surface area contributed by atoms with Gasteiger partial charge in [-0.3, -0.25) is 4.99 Å². The van der Waals surface area contributed by atoms with E-state index < -0.39 is 0 Å². The summed E-state index contributed by atoms with van der Waals surface area (Å²) in [5.74, 6) is 1.48. The summed E-state index contributed by atoms with van der Waals surface area (Å²) in [5.41, 5.74) is 2.58. The maximum Gasteiger partial charge on any atom is 0.194 e. The second-order valence-electron chi connectivity index (χ2n) is 7.76. The molecule has 2 unspecified atom stereocenters. The first kappa shape index (κ1) is 19.8. The topological polar surface area (TPSA) is 40.1 Å². The molecule has 5 heteroatoms. The molecule has 2 aromatic rings. The largest absolute Gasteiger partial charge is 0.373 e. The fourth-order valence-electron chi connectivity index (χ4n) is 4.28. The van der Waals surface area contributed by atoms with Gasteiger partial charge in [0.1, 0.15) is 0 Å². The van der Waals surface area contributed by atoms with E-state index in [9.17, 15) is 0 Å². The van der Waals surface area contributed by atoms with Crippen LogP contribution in [0.15, 0.2) is 65.7 Å². The highest BCUT2D eigenvalue weighted by Crippen LogP contribution is 2.34. The smallest absolute Gasteiger partial charge is 0.194 e. The molecule has 0 saturated carbocycles. The number of para-hydroxylation sites is 1. The van der Waals surface area contributed by atoms with Crippen molar-refractivity contribution in [3.63, 3.8) is 0 Å². The molecular weight excluding hydrogens is 360 g/mol. The van der Waals surface area contributed by atoms with Gasteiger partial charge in [0, 0.05) is 57.5 Å². The van der Waals surface area contributed by atoms with Crippen molar-refractivity contribution in [3.8, 4) is 0 Å². The van der Waals surface area contributed by atoms with Crippen LogP contribution in [0, 0.1) is 5.92 Å². The van der Waals surface area contributed by atoms with E-state index in [1.165, 1.54) is 11.3 Å². The predicted molar refractivity (Wildman–Crippen MR) is 119 cm³/mol. The molecule has 0 bridgehead atoms. The number of rotatable bonds is 5. The molecule has 29 heavy (non-hydrogen) atoms. The third kappa shape index (κ3) is 4.91. The maximum atomic E-state index is 6.04. The number of nitrogens with one attached hydrogen (secondary N) is 1. The molecule has 0 aliphatic carbocycles. The number of hydrogen-bond acceptors (Lipinski definition) is 3. The number of nitrogens with zero attached hydrogens (tertiary/aromatic N) is 3. The van der Waals surface area contributed by atoms with Gasteiger partial charge in [0.2, 0.25) is 0 Å². The molecule has 2 atom stereocenters. The first-order valence-electron chi connectivity index (χ1n) is 10.8. The highest BCUT2D eigenvalue weighted by molar-refractivity contribution is 5.80. The van der Waals surface area contributed by atoms with Crippen LogP contribution in [0.5, 0.6) is 0 Å². The fourth-order valence-corrected chi connectivity index (χ4v) is 4.28. The Balaban J connectivity index is 1.38. The number of piperazine rings is 1. The van der Waals surface area contributed by atoms with Crippen LogP contribution in [0.2, 0.25) is 0 Å². The summed E-state index contributed by atoms with van der Waals surface area (Å²) in [6, 6.07) is 21.3. The summed E-state index contributed by atoms with van der Waals surface area (Å²) in [5, 5.41) is 3.50. The van der Waals surface area contributed by atoms with Gasteiger partial charge in [-0.25, -0.2) is 0 Å². The summed E-state index contributed by atoms with van der Waals surface area (Å²) in [6.07, 6.45) is 1.24. The summed E-state index contributed by atoms with van der Waals surface area (Å²) in [7, 11) is 0. The molecule has 2 saturated heterocycles. The monoisotopic (exact) mass is 392 g/mol. The van der Waals surface area contributed by atoms with E-state index in [2.05, 4.69) is 82.7 Å². The molecular formula is C24H32N4O. The van der Waals surface area contributed by atoms with Crippen LogP contribution < -0.4 is 10.2 Å². The van der Waals surface area contributed by atoms with Crippen molar-refractivity contribution in [2.45, 2.75) is 19.4 Å². The number of guanidine groups is 1. The molecule has 2 aliphatic rings. The summed E-state index contributed by atoms with van der Waals surface area (Å²) >= 11 is 0. The molecule has 0 radical (unpaired) electrons. The molecule has 2 aromatic carbocycles. The average molecular weight is 393 g/mol. The third-order valence-corrected chi connectivity index (χ3v) is 5.85. The van der Waals surface area contributed by atoms with Gasteiger partial charge in [0.05, 0.1) is 6.10 Å². The van der Waals surface area contributed by atoms with Gasteiger partial charge in [-0.2, -0.15) is 0 Å². The van der Waals surface area contributed by atoms with E-state index in [1.807, 2.05) is 0 Å². The normalized spacial score (nSPS) is 22.7. The van der Waals surface area contributed by atoms with Crippen molar-refractivity contribution < 1.29 is 4.74 Å². The number of ether oxygens (including phenoxy) is 1. The minimum absolute atomic E-state index is 0.165. The van der Waals surface area contributed by atoms with Gasteiger partial charge in [-0.1, -0.05) is 48.5 Å². The summed E-state index contributed by atoms with van der Waals surface area (Å²) in [4.78, 5) is 9.88. The van der Waals surface area contributed by atoms with Crippen LogP contribution in [0.3, 0.4) is 0 Å². The van der Waals surface area contributed by atoms with E-state index in [0.29, 0.717) is 5.92 Å². The van der Waals surface area contributed by atoms with E-state index in [4.69, 9.17) is 9.73 Å². The zero-order chi connectivity index (χ0) is 19.9. The van der Waals surface area contributed by atoms with Crippen molar-refractivity contribution in [2.75, 3.05) is 50.8 Å². The van der Waals surface area contributed by atoms with Crippen molar-refractivity contribution in [1.82, 2.24) is 10.2 Å². The quantitative estimate of drug-likeness (QED) is 0.624. The number of benzene rings is 2. The predicted octanol–water partition coefficient (Wildman–Crippen LogP) is 3.55. The molecule has 2 aliphatic heterocycles. The van der Waals surface area contributed by atoms with E-state index in [-0.39, 0.29) is 6.10 Å². The minimum Gasteiger partial charge on any atom is -0.373 e. The first-order chi connectivity index (χ1) is 14.3. The minimum atomic E-state index is 0.165. The second kappa shape index (κ2) is 9.79. The molecule has 0 amide bonds. The summed E-state index contributed by atoms with van der Waals surface area (Å²) in [6.45, 7) is 8.68. The van der Waals surface area contributed by atoms with Crippen LogP contribution in [-0.4, -0.2) is 56.7 Å². The molecule has 1 N–H and O–H groups in total. The Morgan fingerprint density at radius 3 is 2.38 bits per heavy atom. The molecule has 5 nitrogen and oxygen atoms in total. The zero-order valence-corrected chi connectivity index (χ0v) is 17.3. The van der Waals surface area contributed by atoms with Crippen molar-refractivity contribution >= 4 is 11.6 Å². The van der Waals surface area contributed by atoms with Gasteiger partial charge in [-0.15, -0.1) is 0 Å². The van der Waals surface area contributed by atoms with Gasteiger partial charge in [0.15, 0.2) is 5.96 Å². The second-order valence-corrected chi connectivity index (χ2v) is 7.76. The van der Waals surface area contributed by atoms with Crippen molar-refractivity contribution in [3.05, 3.63) is 66.2 Å². The number of anilines is 1. The molecule has 0 spiro atoms. The van der Waals surface area contributed by atoms with E-state index in [0.717, 1.165) is 58.3 Å². The Bertz CT molecular complexity index is 772. The van der Waals surface area contributed by atoms with Gasteiger partial charge < -0.3 is 19.9 Å². The standard InChI is InChI=1S/C24H32N4O/c1-2-25-24(28-16-14-27(15-17-28)22-11-7-4-8-12-22)26-19-21-13-18-29-23(21)20-9-5-3-6-10-20/h3-12,21,23H,2,13-19H2,1H3,(H,25,26). The van der Waals surface area contributed by atoms with Gasteiger partial charge in [-0.05, 0) is 31.0 Å². The van der Waals surface area contributed by atoms with Crippen molar-refractivity contribution in [2.24, 2.45) is 10.9 Å². The molecule has 2 heterocycles. The Labute approximate surface area is 174 Å². The average Bonchev–Trinajstić information content (AvgIpc) is 3.27. The Morgan fingerprint density at radius 2 is 1.69 bits per heavy atom. The van der Waals surface area contributed by atoms with Crippen LogP contribution >= 0.6 is 0 Å². The Kier molecular flexibility index (Phi) is 6.67. The van der Waals surface area contributed by atoms with Gasteiger partial charge >= 0.3 is 0 Å². The molecule has 4 rings (SSSR count). The Morgan fingerprint density at radius 1 is 1.00 bits per heavy atom. The lowest BCUT2D eigenvalue weighted by Gasteiger charge is -2.37.